The second-order valence-corrected chi connectivity index (χ2v) is 4.87. The molecule has 4 heteroatoms. The summed E-state index contributed by atoms with van der Waals surface area (Å²) in [5.74, 6) is 0.616. The van der Waals surface area contributed by atoms with E-state index >= 15 is 0 Å². The van der Waals surface area contributed by atoms with Crippen LogP contribution in [0.1, 0.15) is 12.5 Å². The largest absolute Gasteiger partial charge is 0.372 e. The Morgan fingerprint density at radius 3 is 2.57 bits per heavy atom. The number of para-hydroxylation sites is 1. The van der Waals surface area contributed by atoms with Gasteiger partial charge in [-0.2, -0.15) is 4.98 Å². The van der Waals surface area contributed by atoms with Gasteiger partial charge in [0.15, 0.2) is 0 Å². The quantitative estimate of drug-likeness (QED) is 0.801. The van der Waals surface area contributed by atoms with Gasteiger partial charge in [0.1, 0.15) is 5.82 Å². The fraction of sp³-hybridized carbons (Fsp3) is 0.176. The first kappa shape index (κ1) is 13.4. The number of nitrogens with one attached hydrogen (secondary N) is 1. The van der Waals surface area contributed by atoms with Crippen molar-refractivity contribution in [3.63, 3.8) is 0 Å². The van der Waals surface area contributed by atoms with E-state index in [0.717, 1.165) is 23.0 Å². The van der Waals surface area contributed by atoms with Gasteiger partial charge < -0.3 is 5.32 Å². The first-order valence-electron chi connectivity index (χ1n) is 7.03. The van der Waals surface area contributed by atoms with E-state index in [1.165, 1.54) is 5.56 Å². The fourth-order valence-corrected chi connectivity index (χ4v) is 2.51. The minimum atomic E-state index is -0.272. The van der Waals surface area contributed by atoms with E-state index in [1.807, 2.05) is 36.4 Å². The molecule has 0 unspecified atom stereocenters. The Morgan fingerprint density at radius 1 is 1.14 bits per heavy atom. The summed E-state index contributed by atoms with van der Waals surface area (Å²) in [5.41, 5.74) is 2.63. The molecule has 1 N–H and O–H groups in total. The van der Waals surface area contributed by atoms with Crippen molar-refractivity contribution in [2.24, 2.45) is 0 Å². The summed E-state index contributed by atoms with van der Waals surface area (Å²) in [7, 11) is 1.78. The minimum Gasteiger partial charge on any atom is -0.372 e. The van der Waals surface area contributed by atoms with Crippen molar-refractivity contribution in [1.82, 2.24) is 9.55 Å². The van der Waals surface area contributed by atoms with E-state index in [0.29, 0.717) is 5.82 Å². The van der Waals surface area contributed by atoms with Crippen molar-refractivity contribution in [1.29, 1.82) is 0 Å². The van der Waals surface area contributed by atoms with Crippen LogP contribution in [0.5, 0.6) is 0 Å². The Hall–Kier alpha value is -2.62. The molecule has 0 spiro atoms. The zero-order valence-electron chi connectivity index (χ0n) is 12.1. The molecule has 2 aromatic carbocycles. The van der Waals surface area contributed by atoms with Gasteiger partial charge in [0.2, 0.25) is 0 Å². The summed E-state index contributed by atoms with van der Waals surface area (Å²) in [6.45, 7) is 2.10. The van der Waals surface area contributed by atoms with Crippen LogP contribution < -0.4 is 11.0 Å². The van der Waals surface area contributed by atoms with Crippen LogP contribution in [0.3, 0.4) is 0 Å². The highest BCUT2D eigenvalue weighted by Crippen LogP contribution is 2.23. The highest BCUT2D eigenvalue weighted by Gasteiger charge is 2.11. The standard InChI is InChI=1S/C17H17N3O/c1-3-12-9-10-14-15(11-12)20(13-7-5-4-6-8-13)17(21)19-16(14)18-2/h4-11H,3H2,1-2H3,(H,18,19,21). The monoisotopic (exact) mass is 279 g/mol. The molecule has 0 bridgehead atoms. The molecule has 0 amide bonds. The zero-order valence-corrected chi connectivity index (χ0v) is 12.1. The number of fused-ring (bicyclic) bond motifs is 1. The second kappa shape index (κ2) is 5.40. The summed E-state index contributed by atoms with van der Waals surface area (Å²) >= 11 is 0. The summed E-state index contributed by atoms with van der Waals surface area (Å²) in [6, 6.07) is 15.8. The maximum Gasteiger partial charge on any atom is 0.354 e. The van der Waals surface area contributed by atoms with E-state index in [1.54, 1.807) is 11.6 Å². The second-order valence-electron chi connectivity index (χ2n) is 4.87. The zero-order chi connectivity index (χ0) is 14.8. The van der Waals surface area contributed by atoms with Gasteiger partial charge in [0.05, 0.1) is 11.2 Å². The Labute approximate surface area is 123 Å². The van der Waals surface area contributed by atoms with Crippen LogP contribution in [-0.4, -0.2) is 16.6 Å². The van der Waals surface area contributed by atoms with Crippen molar-refractivity contribution in [3.05, 3.63) is 64.6 Å². The van der Waals surface area contributed by atoms with Gasteiger partial charge in [-0.1, -0.05) is 31.2 Å². The maximum atomic E-state index is 12.4. The number of nitrogens with zero attached hydrogens (tertiary/aromatic N) is 2. The summed E-state index contributed by atoms with van der Waals surface area (Å²) < 4.78 is 1.66. The number of anilines is 1. The van der Waals surface area contributed by atoms with Crippen LogP contribution in [0.15, 0.2) is 53.3 Å². The molecule has 0 atom stereocenters. The van der Waals surface area contributed by atoms with Crippen LogP contribution in [0.4, 0.5) is 5.82 Å². The SMILES string of the molecule is CCc1ccc2c(NC)nc(=O)n(-c3ccccc3)c2c1. The van der Waals surface area contributed by atoms with E-state index < -0.39 is 0 Å². The molecule has 0 aliphatic heterocycles. The fourth-order valence-electron chi connectivity index (χ4n) is 2.51. The average molecular weight is 279 g/mol. The van der Waals surface area contributed by atoms with Gasteiger partial charge >= 0.3 is 5.69 Å². The van der Waals surface area contributed by atoms with E-state index in [9.17, 15) is 4.79 Å². The maximum absolute atomic E-state index is 12.4. The number of aryl methyl sites for hydroxylation is 1. The van der Waals surface area contributed by atoms with Crippen LogP contribution in [0.2, 0.25) is 0 Å². The van der Waals surface area contributed by atoms with Crippen molar-refractivity contribution in [2.75, 3.05) is 12.4 Å². The molecule has 0 aliphatic carbocycles. The topological polar surface area (TPSA) is 46.9 Å². The van der Waals surface area contributed by atoms with Crippen LogP contribution >= 0.6 is 0 Å². The molecule has 0 saturated carbocycles. The number of rotatable bonds is 3. The Kier molecular flexibility index (Phi) is 3.44. The van der Waals surface area contributed by atoms with Crippen LogP contribution in [0.25, 0.3) is 16.6 Å². The first-order chi connectivity index (χ1) is 10.2. The van der Waals surface area contributed by atoms with E-state index in [-0.39, 0.29) is 5.69 Å². The molecule has 21 heavy (non-hydrogen) atoms. The predicted molar refractivity (Wildman–Crippen MR) is 86.3 cm³/mol. The molecule has 0 saturated heterocycles. The normalized spacial score (nSPS) is 10.8. The number of hydrogen-bond donors (Lipinski definition) is 1. The van der Waals surface area contributed by atoms with Crippen LogP contribution in [0, 0.1) is 0 Å². The molecular weight excluding hydrogens is 262 g/mol. The van der Waals surface area contributed by atoms with Gasteiger partial charge in [0, 0.05) is 12.4 Å². The molecular formula is C17H17N3O. The molecule has 4 nitrogen and oxygen atoms in total. The third-order valence-electron chi connectivity index (χ3n) is 3.62. The average Bonchev–Trinajstić information content (AvgIpc) is 2.54. The lowest BCUT2D eigenvalue weighted by molar-refractivity contribution is 0.958. The van der Waals surface area contributed by atoms with Crippen molar-refractivity contribution in [2.45, 2.75) is 13.3 Å². The lowest BCUT2D eigenvalue weighted by Gasteiger charge is -2.13. The minimum absolute atomic E-state index is 0.272. The van der Waals surface area contributed by atoms with E-state index in [2.05, 4.69) is 29.4 Å². The summed E-state index contributed by atoms with van der Waals surface area (Å²) in [6.07, 6.45) is 0.927. The van der Waals surface area contributed by atoms with Crippen molar-refractivity contribution in [3.8, 4) is 5.69 Å². The van der Waals surface area contributed by atoms with Gasteiger partial charge in [-0.15, -0.1) is 0 Å². The molecule has 0 fully saturated rings. The number of hydrogen-bond acceptors (Lipinski definition) is 3. The van der Waals surface area contributed by atoms with Crippen molar-refractivity contribution < 1.29 is 0 Å². The van der Waals surface area contributed by atoms with Crippen LogP contribution in [-0.2, 0) is 6.42 Å². The molecule has 0 aliphatic rings. The molecule has 1 heterocycles. The predicted octanol–water partition coefficient (Wildman–Crippen LogP) is 2.99. The van der Waals surface area contributed by atoms with Gasteiger partial charge in [-0.25, -0.2) is 4.79 Å². The smallest absolute Gasteiger partial charge is 0.354 e. The summed E-state index contributed by atoms with van der Waals surface area (Å²) in [4.78, 5) is 16.6. The number of benzene rings is 2. The Bertz CT molecular complexity index is 838. The molecule has 3 aromatic rings. The first-order valence-corrected chi connectivity index (χ1v) is 7.03. The van der Waals surface area contributed by atoms with Crippen molar-refractivity contribution >= 4 is 16.7 Å². The lowest BCUT2D eigenvalue weighted by atomic mass is 10.1. The number of aromatic nitrogens is 2. The van der Waals surface area contributed by atoms with Gasteiger partial charge in [-0.3, -0.25) is 4.57 Å². The third kappa shape index (κ3) is 2.29. The highest BCUT2D eigenvalue weighted by atomic mass is 16.1. The molecule has 1 aromatic heterocycles. The lowest BCUT2D eigenvalue weighted by Crippen LogP contribution is -2.23. The molecule has 3 rings (SSSR count). The van der Waals surface area contributed by atoms with Gasteiger partial charge in [0.25, 0.3) is 0 Å². The molecule has 0 radical (unpaired) electrons. The Morgan fingerprint density at radius 2 is 1.90 bits per heavy atom. The Balaban J connectivity index is 2.43. The highest BCUT2D eigenvalue weighted by molar-refractivity contribution is 5.90. The molecule has 106 valence electrons. The summed E-state index contributed by atoms with van der Waals surface area (Å²) in [5, 5.41) is 3.95. The van der Waals surface area contributed by atoms with E-state index in [4.69, 9.17) is 0 Å². The van der Waals surface area contributed by atoms with Gasteiger partial charge in [-0.05, 0) is 36.2 Å². The third-order valence-corrected chi connectivity index (χ3v) is 3.62.